The molecule has 1 saturated carbocycles. The highest BCUT2D eigenvalue weighted by Crippen LogP contribution is 2.36. The number of rotatable bonds is 2. The fraction of sp³-hybridized carbons (Fsp3) is 1.00. The molecule has 0 amide bonds. The van der Waals surface area contributed by atoms with Gasteiger partial charge in [-0.15, -0.1) is 0 Å². The number of aliphatic hydroxyl groups is 1. The maximum atomic E-state index is 13.5. The molecule has 0 bridgehead atoms. The van der Waals surface area contributed by atoms with Crippen LogP contribution in [0.4, 0.5) is 8.78 Å². The van der Waals surface area contributed by atoms with Crippen molar-refractivity contribution in [2.75, 3.05) is 26.2 Å². The van der Waals surface area contributed by atoms with Gasteiger partial charge in [-0.25, -0.2) is 8.78 Å². The van der Waals surface area contributed by atoms with E-state index in [9.17, 15) is 13.9 Å². The number of hydrogen-bond acceptors (Lipinski definition) is 3. The first-order valence-electron chi connectivity index (χ1n) is 6.96. The molecule has 2 atom stereocenters. The van der Waals surface area contributed by atoms with Gasteiger partial charge < -0.3 is 5.11 Å². The lowest BCUT2D eigenvalue weighted by Crippen LogP contribution is -2.59. The van der Waals surface area contributed by atoms with Gasteiger partial charge in [0.2, 0.25) is 0 Å². The summed E-state index contributed by atoms with van der Waals surface area (Å²) in [5, 5.41) is 9.82. The van der Waals surface area contributed by atoms with Crippen molar-refractivity contribution in [1.29, 1.82) is 0 Å². The third-order valence-electron chi connectivity index (χ3n) is 4.36. The Labute approximate surface area is 108 Å². The summed E-state index contributed by atoms with van der Waals surface area (Å²) < 4.78 is 27.0. The van der Waals surface area contributed by atoms with Gasteiger partial charge in [-0.2, -0.15) is 0 Å². The van der Waals surface area contributed by atoms with Gasteiger partial charge in [0.15, 0.2) is 0 Å². The molecule has 0 radical (unpaired) electrons. The first-order chi connectivity index (χ1) is 8.42. The molecule has 1 saturated heterocycles. The van der Waals surface area contributed by atoms with E-state index in [2.05, 4.69) is 23.6 Å². The SMILES string of the molecule is CC(C)N1CCN(C2CCCC(F)(F)C2O)CC1. The molecule has 2 aliphatic rings. The Hall–Kier alpha value is -0.260. The van der Waals surface area contributed by atoms with E-state index in [0.29, 0.717) is 18.9 Å². The molecule has 1 heterocycles. The Balaban J connectivity index is 1.93. The molecule has 106 valence electrons. The molecule has 2 rings (SSSR count). The Morgan fingerprint density at radius 1 is 1.17 bits per heavy atom. The van der Waals surface area contributed by atoms with E-state index in [-0.39, 0.29) is 12.5 Å². The molecule has 2 fully saturated rings. The van der Waals surface area contributed by atoms with Gasteiger partial charge in [0, 0.05) is 44.7 Å². The van der Waals surface area contributed by atoms with Gasteiger partial charge in [-0.05, 0) is 26.7 Å². The molecule has 0 aromatic heterocycles. The quantitative estimate of drug-likeness (QED) is 0.818. The molecule has 1 aliphatic carbocycles. The van der Waals surface area contributed by atoms with E-state index >= 15 is 0 Å². The largest absolute Gasteiger partial charge is 0.385 e. The van der Waals surface area contributed by atoms with E-state index in [4.69, 9.17) is 0 Å². The van der Waals surface area contributed by atoms with Crippen molar-refractivity contribution in [3.63, 3.8) is 0 Å². The van der Waals surface area contributed by atoms with Gasteiger partial charge in [0.05, 0.1) is 0 Å². The minimum Gasteiger partial charge on any atom is -0.385 e. The lowest BCUT2D eigenvalue weighted by Gasteiger charge is -2.45. The molecule has 3 nitrogen and oxygen atoms in total. The average molecular weight is 262 g/mol. The number of alkyl halides is 2. The Bertz CT molecular complexity index is 278. The third kappa shape index (κ3) is 2.83. The van der Waals surface area contributed by atoms with E-state index < -0.39 is 12.0 Å². The van der Waals surface area contributed by atoms with Crippen molar-refractivity contribution in [3.8, 4) is 0 Å². The number of halogens is 2. The van der Waals surface area contributed by atoms with E-state index in [1.807, 2.05) is 0 Å². The Kier molecular flexibility index (Phi) is 4.24. The monoisotopic (exact) mass is 262 g/mol. The molecule has 2 unspecified atom stereocenters. The maximum Gasteiger partial charge on any atom is 0.275 e. The van der Waals surface area contributed by atoms with Crippen LogP contribution < -0.4 is 0 Å². The van der Waals surface area contributed by atoms with Crippen LogP contribution >= 0.6 is 0 Å². The summed E-state index contributed by atoms with van der Waals surface area (Å²) >= 11 is 0. The molecule has 0 spiro atoms. The molecule has 1 N–H and O–H groups in total. The Morgan fingerprint density at radius 2 is 1.78 bits per heavy atom. The second-order valence-corrected chi connectivity index (χ2v) is 5.83. The second-order valence-electron chi connectivity index (χ2n) is 5.83. The fourth-order valence-electron chi connectivity index (χ4n) is 3.10. The van der Waals surface area contributed by atoms with E-state index in [1.54, 1.807) is 0 Å². The van der Waals surface area contributed by atoms with Gasteiger partial charge in [-0.3, -0.25) is 9.80 Å². The van der Waals surface area contributed by atoms with Gasteiger partial charge >= 0.3 is 0 Å². The lowest BCUT2D eigenvalue weighted by atomic mass is 9.87. The molecule has 0 aromatic carbocycles. The number of aliphatic hydroxyl groups excluding tert-OH is 1. The van der Waals surface area contributed by atoms with Crippen molar-refractivity contribution < 1.29 is 13.9 Å². The van der Waals surface area contributed by atoms with Gasteiger partial charge in [0.1, 0.15) is 6.10 Å². The van der Waals surface area contributed by atoms with Crippen LogP contribution in [-0.2, 0) is 0 Å². The zero-order valence-electron chi connectivity index (χ0n) is 11.3. The lowest BCUT2D eigenvalue weighted by molar-refractivity contribution is -0.165. The number of nitrogens with zero attached hydrogens (tertiary/aromatic N) is 2. The molecule has 0 aromatic rings. The normalized spacial score (nSPS) is 35.0. The molecule has 1 aliphatic heterocycles. The van der Waals surface area contributed by atoms with Gasteiger partial charge in [0.25, 0.3) is 5.92 Å². The van der Waals surface area contributed by atoms with Crippen molar-refractivity contribution >= 4 is 0 Å². The second kappa shape index (κ2) is 5.39. The zero-order valence-corrected chi connectivity index (χ0v) is 11.3. The predicted octanol–water partition coefficient (Wildman–Crippen LogP) is 1.56. The standard InChI is InChI=1S/C13H24F2N2O/c1-10(2)16-6-8-17(9-7-16)11-4-3-5-13(14,15)12(11)18/h10-12,18H,3-9H2,1-2H3. The van der Waals surface area contributed by atoms with Crippen LogP contribution in [0.1, 0.15) is 33.1 Å². The fourth-order valence-corrected chi connectivity index (χ4v) is 3.10. The highest BCUT2D eigenvalue weighted by Gasteiger charge is 2.48. The smallest absolute Gasteiger partial charge is 0.275 e. The highest BCUT2D eigenvalue weighted by molar-refractivity contribution is 4.94. The Morgan fingerprint density at radius 3 is 2.33 bits per heavy atom. The first-order valence-corrected chi connectivity index (χ1v) is 6.96. The van der Waals surface area contributed by atoms with Crippen LogP contribution in [0.2, 0.25) is 0 Å². The van der Waals surface area contributed by atoms with Crippen LogP contribution in [0.15, 0.2) is 0 Å². The summed E-state index contributed by atoms with van der Waals surface area (Å²) in [6, 6.07) is 0.146. The van der Waals surface area contributed by atoms with Crippen LogP contribution in [-0.4, -0.2) is 65.2 Å². The average Bonchev–Trinajstić information content (AvgIpc) is 2.33. The van der Waals surface area contributed by atoms with Crippen LogP contribution in [0, 0.1) is 0 Å². The minimum atomic E-state index is -2.90. The van der Waals surface area contributed by atoms with E-state index in [0.717, 1.165) is 26.2 Å². The molecule has 5 heteroatoms. The third-order valence-corrected chi connectivity index (χ3v) is 4.36. The molecular weight excluding hydrogens is 238 g/mol. The van der Waals surface area contributed by atoms with Crippen molar-refractivity contribution in [3.05, 3.63) is 0 Å². The van der Waals surface area contributed by atoms with Crippen molar-refractivity contribution in [2.24, 2.45) is 0 Å². The van der Waals surface area contributed by atoms with Crippen LogP contribution in [0.25, 0.3) is 0 Å². The number of hydrogen-bond donors (Lipinski definition) is 1. The predicted molar refractivity (Wildman–Crippen MR) is 66.9 cm³/mol. The summed E-state index contributed by atoms with van der Waals surface area (Å²) in [6.07, 6.45) is -0.453. The van der Waals surface area contributed by atoms with Crippen LogP contribution in [0.3, 0.4) is 0 Å². The first kappa shape index (κ1) is 14.2. The molecule has 18 heavy (non-hydrogen) atoms. The summed E-state index contributed by atoms with van der Waals surface area (Å²) in [7, 11) is 0. The topological polar surface area (TPSA) is 26.7 Å². The molecular formula is C13H24F2N2O. The maximum absolute atomic E-state index is 13.5. The summed E-state index contributed by atoms with van der Waals surface area (Å²) in [5.74, 6) is -2.90. The summed E-state index contributed by atoms with van der Waals surface area (Å²) in [6.45, 7) is 7.70. The van der Waals surface area contributed by atoms with Crippen LogP contribution in [0.5, 0.6) is 0 Å². The van der Waals surface area contributed by atoms with Crippen molar-refractivity contribution in [1.82, 2.24) is 9.80 Å². The number of piperazine rings is 1. The van der Waals surface area contributed by atoms with Crippen molar-refractivity contribution in [2.45, 2.75) is 57.2 Å². The zero-order chi connectivity index (χ0) is 13.3. The van der Waals surface area contributed by atoms with E-state index in [1.165, 1.54) is 0 Å². The van der Waals surface area contributed by atoms with Gasteiger partial charge in [-0.1, -0.05) is 0 Å². The highest BCUT2D eigenvalue weighted by atomic mass is 19.3. The summed E-state index contributed by atoms with van der Waals surface area (Å²) in [5.41, 5.74) is 0. The minimum absolute atomic E-state index is 0.170. The summed E-state index contributed by atoms with van der Waals surface area (Å²) in [4.78, 5) is 4.40.